The maximum Gasteiger partial charge on any atom is 0.183 e. The van der Waals surface area contributed by atoms with Gasteiger partial charge in [0.2, 0.25) is 0 Å². The first kappa shape index (κ1) is 8.05. The van der Waals surface area contributed by atoms with E-state index in [2.05, 4.69) is 20.5 Å². The number of nitrogens with zero attached hydrogens (tertiary/aromatic N) is 5. The molecule has 0 atom stereocenters. The van der Waals surface area contributed by atoms with Gasteiger partial charge in [0, 0.05) is 11.6 Å². The smallest absolute Gasteiger partial charge is 0.183 e. The molecule has 0 unspecified atom stereocenters. The van der Waals surface area contributed by atoms with Gasteiger partial charge in [-0.1, -0.05) is 30.3 Å². The van der Waals surface area contributed by atoms with Gasteiger partial charge < -0.3 is 0 Å². The molecular weight excluding hydrogens is 190 g/mol. The fraction of sp³-hybridized carbons (Fsp3) is 0. The summed E-state index contributed by atoms with van der Waals surface area (Å²) in [6.07, 6.45) is 1.61. The van der Waals surface area contributed by atoms with Crippen LogP contribution in [0.15, 0.2) is 42.7 Å². The van der Waals surface area contributed by atoms with Gasteiger partial charge in [0.1, 0.15) is 6.33 Å². The Balaban J connectivity index is 2.19. The second-order valence-electron chi connectivity index (χ2n) is 3.12. The molecule has 1 aromatic carbocycles. The van der Waals surface area contributed by atoms with Crippen molar-refractivity contribution in [2.24, 2.45) is 0 Å². The van der Waals surface area contributed by atoms with Gasteiger partial charge in [-0.25, -0.2) is 4.98 Å². The number of hydrogen-bond acceptors (Lipinski definition) is 4. The topological polar surface area (TPSA) is 56.0 Å². The number of hydrogen-bond donors (Lipinski definition) is 0. The molecule has 0 N–H and O–H groups in total. The molecule has 0 spiro atoms. The molecule has 0 saturated carbocycles. The van der Waals surface area contributed by atoms with Crippen molar-refractivity contribution in [3.05, 3.63) is 42.7 Å². The molecule has 5 nitrogen and oxygen atoms in total. The minimum atomic E-state index is 0.698. The minimum Gasteiger partial charge on any atom is -0.236 e. The molecule has 0 aliphatic carbocycles. The van der Waals surface area contributed by atoms with E-state index in [0.717, 1.165) is 11.3 Å². The lowest BCUT2D eigenvalue weighted by Crippen LogP contribution is -1.91. The third kappa shape index (κ3) is 1.34. The fourth-order valence-corrected chi connectivity index (χ4v) is 1.42. The van der Waals surface area contributed by atoms with Crippen LogP contribution in [0.2, 0.25) is 0 Å². The molecule has 0 fully saturated rings. The maximum absolute atomic E-state index is 4.27. The molecule has 2 aromatic heterocycles. The molecule has 2 heterocycles. The molecule has 0 amide bonds. The van der Waals surface area contributed by atoms with Crippen LogP contribution in [0.3, 0.4) is 0 Å². The molecule has 0 saturated heterocycles. The van der Waals surface area contributed by atoms with Gasteiger partial charge in [0.05, 0.1) is 5.69 Å². The van der Waals surface area contributed by atoms with Gasteiger partial charge in [-0.3, -0.25) is 0 Å². The van der Waals surface area contributed by atoms with Crippen molar-refractivity contribution in [3.63, 3.8) is 0 Å². The minimum absolute atomic E-state index is 0.698. The highest BCUT2D eigenvalue weighted by atomic mass is 15.5. The Kier molecular flexibility index (Phi) is 1.68. The highest BCUT2D eigenvalue weighted by molar-refractivity contribution is 5.62. The molecule has 0 aliphatic rings. The van der Waals surface area contributed by atoms with Gasteiger partial charge in [0.15, 0.2) is 5.65 Å². The highest BCUT2D eigenvalue weighted by Gasteiger charge is 2.01. The van der Waals surface area contributed by atoms with Crippen LogP contribution in [0.5, 0.6) is 0 Å². The number of rotatable bonds is 1. The van der Waals surface area contributed by atoms with E-state index in [0.29, 0.717) is 5.65 Å². The molecule has 3 rings (SSSR count). The SMILES string of the molecule is c1ccc(-c2cc3nnnn3cn2)cc1. The number of aromatic nitrogens is 5. The lowest BCUT2D eigenvalue weighted by Gasteiger charge is -1.98. The zero-order chi connectivity index (χ0) is 10.1. The highest BCUT2D eigenvalue weighted by Crippen LogP contribution is 2.16. The molecule has 0 radical (unpaired) electrons. The molecule has 5 heteroatoms. The number of fused-ring (bicyclic) bond motifs is 1. The van der Waals surface area contributed by atoms with Crippen LogP contribution in [0.25, 0.3) is 16.9 Å². The van der Waals surface area contributed by atoms with Crippen molar-refractivity contribution in [3.8, 4) is 11.3 Å². The standard InChI is InChI=1S/C10H7N5/c1-2-4-8(5-3-1)9-6-10-12-13-14-15(10)7-11-9/h1-7H. The van der Waals surface area contributed by atoms with E-state index in [9.17, 15) is 0 Å². The zero-order valence-corrected chi connectivity index (χ0v) is 7.78. The second kappa shape index (κ2) is 3.13. The van der Waals surface area contributed by atoms with Crippen molar-refractivity contribution in [2.45, 2.75) is 0 Å². The monoisotopic (exact) mass is 197 g/mol. The summed E-state index contributed by atoms with van der Waals surface area (Å²) in [5.74, 6) is 0. The Labute approximate surface area is 85.4 Å². The van der Waals surface area contributed by atoms with Gasteiger partial charge in [-0.15, -0.1) is 5.10 Å². The molecular formula is C10H7N5. The summed E-state index contributed by atoms with van der Waals surface area (Å²) >= 11 is 0. The van der Waals surface area contributed by atoms with E-state index in [1.807, 2.05) is 36.4 Å². The van der Waals surface area contributed by atoms with Gasteiger partial charge in [-0.05, 0) is 10.4 Å². The summed E-state index contributed by atoms with van der Waals surface area (Å²) in [5, 5.41) is 11.2. The normalized spacial score (nSPS) is 10.7. The first-order chi connectivity index (χ1) is 7.43. The molecule has 15 heavy (non-hydrogen) atoms. The molecule has 0 aliphatic heterocycles. The van der Waals surface area contributed by atoms with E-state index in [-0.39, 0.29) is 0 Å². The van der Waals surface area contributed by atoms with Gasteiger partial charge in [-0.2, -0.15) is 4.52 Å². The Morgan fingerprint density at radius 2 is 1.93 bits per heavy atom. The second-order valence-corrected chi connectivity index (χ2v) is 3.12. The van der Waals surface area contributed by atoms with Crippen molar-refractivity contribution in [2.75, 3.05) is 0 Å². The van der Waals surface area contributed by atoms with Crippen molar-refractivity contribution in [1.82, 2.24) is 25.0 Å². The Morgan fingerprint density at radius 1 is 1.07 bits per heavy atom. The van der Waals surface area contributed by atoms with E-state index in [4.69, 9.17) is 0 Å². The van der Waals surface area contributed by atoms with Crippen LogP contribution >= 0.6 is 0 Å². The largest absolute Gasteiger partial charge is 0.236 e. The third-order valence-electron chi connectivity index (χ3n) is 2.16. The van der Waals surface area contributed by atoms with E-state index in [1.54, 1.807) is 6.33 Å². The van der Waals surface area contributed by atoms with Crippen LogP contribution in [0.1, 0.15) is 0 Å². The number of benzene rings is 1. The summed E-state index contributed by atoms with van der Waals surface area (Å²) < 4.78 is 1.53. The zero-order valence-electron chi connectivity index (χ0n) is 7.78. The van der Waals surface area contributed by atoms with Crippen LogP contribution in [0.4, 0.5) is 0 Å². The predicted octanol–water partition coefficient (Wildman–Crippen LogP) is 1.19. The van der Waals surface area contributed by atoms with E-state index >= 15 is 0 Å². The van der Waals surface area contributed by atoms with Crippen molar-refractivity contribution >= 4 is 5.65 Å². The Morgan fingerprint density at radius 3 is 2.80 bits per heavy atom. The first-order valence-electron chi connectivity index (χ1n) is 4.53. The summed E-state index contributed by atoms with van der Waals surface area (Å²) in [7, 11) is 0. The average molecular weight is 197 g/mol. The average Bonchev–Trinajstić information content (AvgIpc) is 2.77. The Bertz CT molecular complexity index is 587. The van der Waals surface area contributed by atoms with Crippen LogP contribution < -0.4 is 0 Å². The predicted molar refractivity (Wildman–Crippen MR) is 54.0 cm³/mol. The molecule has 72 valence electrons. The summed E-state index contributed by atoms with van der Waals surface area (Å²) in [4.78, 5) is 4.27. The summed E-state index contributed by atoms with van der Waals surface area (Å²) in [6, 6.07) is 11.8. The third-order valence-corrected chi connectivity index (χ3v) is 2.16. The van der Waals surface area contributed by atoms with Gasteiger partial charge in [0.25, 0.3) is 0 Å². The summed E-state index contributed by atoms with van der Waals surface area (Å²) in [5.41, 5.74) is 2.63. The fourth-order valence-electron chi connectivity index (χ4n) is 1.42. The van der Waals surface area contributed by atoms with Crippen molar-refractivity contribution in [1.29, 1.82) is 0 Å². The van der Waals surface area contributed by atoms with E-state index < -0.39 is 0 Å². The van der Waals surface area contributed by atoms with Crippen LogP contribution in [0, 0.1) is 0 Å². The first-order valence-corrected chi connectivity index (χ1v) is 4.53. The number of tetrazole rings is 1. The quantitative estimate of drug-likeness (QED) is 0.588. The Hall–Kier alpha value is -2.30. The van der Waals surface area contributed by atoms with Gasteiger partial charge >= 0.3 is 0 Å². The maximum atomic E-state index is 4.27. The lowest BCUT2D eigenvalue weighted by atomic mass is 10.1. The van der Waals surface area contributed by atoms with E-state index in [1.165, 1.54) is 4.52 Å². The molecule has 3 aromatic rings. The lowest BCUT2D eigenvalue weighted by molar-refractivity contribution is 0.810. The molecule has 0 bridgehead atoms. The van der Waals surface area contributed by atoms with Crippen LogP contribution in [-0.4, -0.2) is 25.0 Å². The van der Waals surface area contributed by atoms with Crippen LogP contribution in [-0.2, 0) is 0 Å². The summed E-state index contributed by atoms with van der Waals surface area (Å²) in [6.45, 7) is 0. The van der Waals surface area contributed by atoms with Crippen molar-refractivity contribution < 1.29 is 0 Å².